The number of carbonyl (C=O) groups is 1. The Bertz CT molecular complexity index is 206. The summed E-state index contributed by atoms with van der Waals surface area (Å²) in [5.41, 5.74) is 0.207. The molecule has 9 heavy (non-hydrogen) atoms. The molecule has 0 aliphatic rings. The topological polar surface area (TPSA) is 63.3 Å². The molecule has 0 aromatic carbocycles. The fourth-order valence-corrected chi connectivity index (χ4v) is 0.459. The third kappa shape index (κ3) is 1.14. The van der Waals surface area contributed by atoms with Gasteiger partial charge in [0.2, 0.25) is 0 Å². The van der Waals surface area contributed by atoms with Gasteiger partial charge in [0.15, 0.2) is 12.0 Å². The Morgan fingerprint density at radius 2 is 2.67 bits per heavy atom. The van der Waals surface area contributed by atoms with Gasteiger partial charge in [0.1, 0.15) is 12.3 Å². The lowest BCUT2D eigenvalue weighted by Gasteiger charge is -1.76. The molecule has 48 valence electrons. The maximum absolute atomic E-state index is 9.93. The van der Waals surface area contributed by atoms with Crippen molar-refractivity contribution in [2.45, 2.75) is 6.61 Å². The summed E-state index contributed by atoms with van der Waals surface area (Å²) >= 11 is 0. The predicted octanol–water partition coefficient (Wildman–Crippen LogP) is -0.0206. The van der Waals surface area contributed by atoms with Crippen molar-refractivity contribution in [3.05, 3.63) is 17.5 Å². The molecule has 4 heteroatoms. The molecule has 1 N–H and O–H groups in total. The lowest BCUT2D eigenvalue weighted by molar-refractivity contribution is 0.111. The van der Waals surface area contributed by atoms with Crippen molar-refractivity contribution >= 4 is 6.29 Å². The summed E-state index contributed by atoms with van der Waals surface area (Å²) in [5.74, 6) is 0.303. The number of aliphatic hydroxyl groups is 1. The Morgan fingerprint density at radius 3 is 3.00 bits per heavy atom. The van der Waals surface area contributed by atoms with Gasteiger partial charge < -0.3 is 9.63 Å². The van der Waals surface area contributed by atoms with Crippen LogP contribution in [0.5, 0.6) is 0 Å². The average Bonchev–Trinajstić information content (AvgIpc) is 2.34. The summed E-state index contributed by atoms with van der Waals surface area (Å²) < 4.78 is 4.47. The maximum Gasteiger partial charge on any atom is 0.171 e. The number of hydrogen-bond acceptors (Lipinski definition) is 4. The highest BCUT2D eigenvalue weighted by molar-refractivity contribution is 5.71. The van der Waals surface area contributed by atoms with Gasteiger partial charge in [-0.1, -0.05) is 5.16 Å². The van der Waals surface area contributed by atoms with Gasteiger partial charge in [0.25, 0.3) is 0 Å². The molecule has 1 aromatic heterocycles. The monoisotopic (exact) mass is 127 g/mol. The van der Waals surface area contributed by atoms with Crippen LogP contribution in [0.1, 0.15) is 16.2 Å². The lowest BCUT2D eigenvalue weighted by atomic mass is 10.4. The summed E-state index contributed by atoms with van der Waals surface area (Å²) in [6.45, 7) is -0.221. The maximum atomic E-state index is 9.93. The van der Waals surface area contributed by atoms with E-state index in [0.717, 1.165) is 0 Å². The molecule has 0 aliphatic carbocycles. The number of nitrogens with zero attached hydrogens (tertiary/aromatic N) is 1. The van der Waals surface area contributed by atoms with Gasteiger partial charge >= 0.3 is 0 Å². The van der Waals surface area contributed by atoms with Gasteiger partial charge in [-0.2, -0.15) is 0 Å². The summed E-state index contributed by atoms with van der Waals surface area (Å²) in [5, 5.41) is 11.7. The van der Waals surface area contributed by atoms with Gasteiger partial charge in [-0.25, -0.2) is 0 Å². The van der Waals surface area contributed by atoms with Crippen LogP contribution in [0.25, 0.3) is 0 Å². The molecule has 0 amide bonds. The molecule has 0 saturated carbocycles. The Kier molecular flexibility index (Phi) is 1.60. The van der Waals surface area contributed by atoms with Gasteiger partial charge in [-0.15, -0.1) is 0 Å². The molecule has 0 radical (unpaired) electrons. The fraction of sp³-hybridized carbons (Fsp3) is 0.200. The smallest absolute Gasteiger partial charge is 0.171 e. The molecule has 0 unspecified atom stereocenters. The van der Waals surface area contributed by atoms with Crippen LogP contribution in [0, 0.1) is 0 Å². The molecule has 0 spiro atoms. The minimum absolute atomic E-state index is 0.207. The van der Waals surface area contributed by atoms with Crippen molar-refractivity contribution in [1.29, 1.82) is 0 Å². The number of carbonyl (C=O) groups excluding carboxylic acids is 1. The molecule has 4 nitrogen and oxygen atoms in total. The Labute approximate surface area is 51.1 Å². The zero-order valence-corrected chi connectivity index (χ0v) is 4.57. The molecule has 1 aromatic rings. The summed E-state index contributed by atoms with van der Waals surface area (Å²) in [6.07, 6.45) is 0.558. The predicted molar refractivity (Wildman–Crippen MR) is 27.8 cm³/mol. The van der Waals surface area contributed by atoms with E-state index in [4.69, 9.17) is 5.11 Å². The molecular weight excluding hydrogens is 122 g/mol. The highest BCUT2D eigenvalue weighted by Crippen LogP contribution is 1.99. The molecule has 1 heterocycles. The molecule has 1 rings (SSSR count). The van der Waals surface area contributed by atoms with Gasteiger partial charge in [-0.05, 0) is 0 Å². The van der Waals surface area contributed by atoms with Crippen molar-refractivity contribution < 1.29 is 14.4 Å². The van der Waals surface area contributed by atoms with Crippen LogP contribution < -0.4 is 0 Å². The van der Waals surface area contributed by atoms with Crippen LogP contribution in [0.15, 0.2) is 10.6 Å². The van der Waals surface area contributed by atoms with Crippen LogP contribution >= 0.6 is 0 Å². The van der Waals surface area contributed by atoms with Crippen molar-refractivity contribution in [3.63, 3.8) is 0 Å². The average molecular weight is 127 g/mol. The highest BCUT2D eigenvalue weighted by Gasteiger charge is 1.98. The summed E-state index contributed by atoms with van der Waals surface area (Å²) in [4.78, 5) is 9.93. The van der Waals surface area contributed by atoms with Crippen molar-refractivity contribution in [3.8, 4) is 0 Å². The minimum Gasteiger partial charge on any atom is -0.388 e. The van der Waals surface area contributed by atoms with Crippen molar-refractivity contribution in [2.24, 2.45) is 0 Å². The van der Waals surface area contributed by atoms with E-state index in [9.17, 15) is 4.79 Å². The molecule has 0 atom stereocenters. The molecule has 0 bridgehead atoms. The number of aliphatic hydroxyl groups excluding tert-OH is 1. The van der Waals surface area contributed by atoms with Gasteiger partial charge in [0, 0.05) is 6.07 Å². The first-order valence-electron chi connectivity index (χ1n) is 2.38. The van der Waals surface area contributed by atoms with E-state index in [1.807, 2.05) is 0 Å². The molecule has 0 aliphatic heterocycles. The standard InChI is InChI=1S/C5H5NO3/c7-2-4-1-5(3-8)9-6-4/h1-2,8H,3H2. The summed E-state index contributed by atoms with van der Waals surface area (Å²) in [6, 6.07) is 1.38. The van der Waals surface area contributed by atoms with Crippen molar-refractivity contribution in [2.75, 3.05) is 0 Å². The third-order valence-corrected chi connectivity index (χ3v) is 0.854. The van der Waals surface area contributed by atoms with Crippen LogP contribution in [0.4, 0.5) is 0 Å². The third-order valence-electron chi connectivity index (χ3n) is 0.854. The van der Waals surface area contributed by atoms with Crippen LogP contribution in [-0.4, -0.2) is 16.5 Å². The van der Waals surface area contributed by atoms with E-state index >= 15 is 0 Å². The van der Waals surface area contributed by atoms with Gasteiger partial charge in [0.05, 0.1) is 0 Å². The number of hydrogen-bond donors (Lipinski definition) is 1. The zero-order chi connectivity index (χ0) is 6.69. The van der Waals surface area contributed by atoms with E-state index in [1.165, 1.54) is 6.07 Å². The first kappa shape index (κ1) is 5.97. The van der Waals surface area contributed by atoms with Crippen LogP contribution in [0.2, 0.25) is 0 Å². The second kappa shape index (κ2) is 2.41. The lowest BCUT2D eigenvalue weighted by Crippen LogP contribution is -1.75. The number of rotatable bonds is 2. The number of aldehydes is 1. The Balaban J connectivity index is 2.86. The minimum atomic E-state index is -0.221. The number of aromatic nitrogens is 1. The SMILES string of the molecule is O=Cc1cc(CO)on1. The van der Waals surface area contributed by atoms with E-state index in [2.05, 4.69) is 9.68 Å². The molecule has 0 fully saturated rings. The Morgan fingerprint density at radius 1 is 1.89 bits per heavy atom. The van der Waals surface area contributed by atoms with E-state index < -0.39 is 0 Å². The van der Waals surface area contributed by atoms with E-state index in [0.29, 0.717) is 12.0 Å². The Hall–Kier alpha value is -1.16. The first-order valence-corrected chi connectivity index (χ1v) is 2.38. The first-order chi connectivity index (χ1) is 4.36. The molecular formula is C5H5NO3. The zero-order valence-electron chi connectivity index (χ0n) is 4.57. The molecule has 0 saturated heterocycles. The van der Waals surface area contributed by atoms with Gasteiger partial charge in [-0.3, -0.25) is 4.79 Å². The normalized spacial score (nSPS) is 9.44. The summed E-state index contributed by atoms with van der Waals surface area (Å²) in [7, 11) is 0. The quantitative estimate of drug-likeness (QED) is 0.567. The van der Waals surface area contributed by atoms with Crippen LogP contribution in [-0.2, 0) is 6.61 Å². The van der Waals surface area contributed by atoms with Crippen molar-refractivity contribution in [1.82, 2.24) is 5.16 Å². The van der Waals surface area contributed by atoms with E-state index in [1.54, 1.807) is 0 Å². The van der Waals surface area contributed by atoms with Crippen LogP contribution in [0.3, 0.4) is 0 Å². The fourth-order valence-electron chi connectivity index (χ4n) is 0.459. The van der Waals surface area contributed by atoms with E-state index in [-0.39, 0.29) is 12.3 Å². The second-order valence-electron chi connectivity index (χ2n) is 1.49. The second-order valence-corrected chi connectivity index (χ2v) is 1.49. The highest BCUT2D eigenvalue weighted by atomic mass is 16.5. The largest absolute Gasteiger partial charge is 0.388 e.